The van der Waals surface area contributed by atoms with E-state index >= 15 is 0 Å². The van der Waals surface area contributed by atoms with Crippen molar-refractivity contribution in [3.8, 4) is 0 Å². The van der Waals surface area contributed by atoms with Gasteiger partial charge >= 0.3 is 0 Å². The standard InChI is InChI=1S/C19H16Cl2N4OS/c1-12-9-17(24-25-18(26)13-5-3-2-4-6-13)23-19(22-12)27-11-14-7-8-15(20)10-16(14)21/h2-10H,11H2,1H3,(H,25,26)(H,22,23,24). The highest BCUT2D eigenvalue weighted by Gasteiger charge is 2.08. The first kappa shape index (κ1) is 19.5. The van der Waals surface area contributed by atoms with Crippen LogP contribution in [0.15, 0.2) is 59.8 Å². The van der Waals surface area contributed by atoms with Gasteiger partial charge in [-0.3, -0.25) is 15.6 Å². The van der Waals surface area contributed by atoms with Crippen LogP contribution in [0.4, 0.5) is 5.82 Å². The fourth-order valence-corrected chi connectivity index (χ4v) is 3.70. The van der Waals surface area contributed by atoms with E-state index in [1.807, 2.05) is 19.1 Å². The SMILES string of the molecule is Cc1cc(NNC(=O)c2ccccc2)nc(SCc2ccc(Cl)cc2Cl)n1. The van der Waals surface area contributed by atoms with Crippen LogP contribution in [0.25, 0.3) is 0 Å². The van der Waals surface area contributed by atoms with Crippen molar-refractivity contribution in [1.29, 1.82) is 0 Å². The van der Waals surface area contributed by atoms with Crippen LogP contribution in [0, 0.1) is 6.92 Å². The molecule has 1 heterocycles. The molecule has 2 aromatic carbocycles. The van der Waals surface area contributed by atoms with Gasteiger partial charge in [-0.15, -0.1) is 0 Å². The molecule has 0 bridgehead atoms. The summed E-state index contributed by atoms with van der Waals surface area (Å²) in [7, 11) is 0. The number of anilines is 1. The highest BCUT2D eigenvalue weighted by atomic mass is 35.5. The number of aryl methyl sites for hydroxylation is 1. The predicted octanol–water partition coefficient (Wildman–Crippen LogP) is 5.14. The van der Waals surface area contributed by atoms with Gasteiger partial charge in [0.25, 0.3) is 5.91 Å². The van der Waals surface area contributed by atoms with Gasteiger partial charge < -0.3 is 0 Å². The summed E-state index contributed by atoms with van der Waals surface area (Å²) < 4.78 is 0. The maximum Gasteiger partial charge on any atom is 0.269 e. The molecule has 0 aliphatic rings. The molecule has 0 radical (unpaired) electrons. The number of nitrogens with zero attached hydrogens (tertiary/aromatic N) is 2. The number of hydrogen-bond donors (Lipinski definition) is 2. The van der Waals surface area contributed by atoms with Gasteiger partial charge in [0.05, 0.1) is 0 Å². The van der Waals surface area contributed by atoms with Crippen LogP contribution in [0.1, 0.15) is 21.6 Å². The lowest BCUT2D eigenvalue weighted by Crippen LogP contribution is -2.29. The first-order valence-corrected chi connectivity index (χ1v) is 9.79. The number of rotatable bonds is 6. The van der Waals surface area contributed by atoms with Crippen molar-refractivity contribution in [1.82, 2.24) is 15.4 Å². The number of halogens is 2. The molecule has 138 valence electrons. The van der Waals surface area contributed by atoms with E-state index in [-0.39, 0.29) is 5.91 Å². The number of hydrogen-bond acceptors (Lipinski definition) is 5. The second-order valence-corrected chi connectivity index (χ2v) is 7.43. The van der Waals surface area contributed by atoms with Gasteiger partial charge in [0.15, 0.2) is 5.16 Å². The first-order chi connectivity index (χ1) is 13.0. The Labute approximate surface area is 171 Å². The molecule has 0 spiro atoms. The molecule has 0 saturated heterocycles. The zero-order valence-corrected chi connectivity index (χ0v) is 16.7. The minimum Gasteiger partial charge on any atom is -0.281 e. The summed E-state index contributed by atoms with van der Waals surface area (Å²) in [5, 5.41) is 1.79. The van der Waals surface area contributed by atoms with Crippen LogP contribution in [-0.2, 0) is 5.75 Å². The monoisotopic (exact) mass is 418 g/mol. The Kier molecular flexibility index (Phi) is 6.55. The molecule has 0 aliphatic carbocycles. The Balaban J connectivity index is 1.64. The second-order valence-electron chi connectivity index (χ2n) is 5.65. The van der Waals surface area contributed by atoms with Crippen molar-refractivity contribution in [2.45, 2.75) is 17.8 Å². The molecule has 0 fully saturated rings. The topological polar surface area (TPSA) is 66.9 Å². The highest BCUT2D eigenvalue weighted by molar-refractivity contribution is 7.98. The summed E-state index contributed by atoms with van der Waals surface area (Å²) in [4.78, 5) is 20.9. The third-order valence-corrected chi connectivity index (χ3v) is 5.03. The average Bonchev–Trinajstić information content (AvgIpc) is 2.66. The smallest absolute Gasteiger partial charge is 0.269 e. The summed E-state index contributed by atoms with van der Waals surface area (Å²) in [6, 6.07) is 16.1. The summed E-state index contributed by atoms with van der Waals surface area (Å²) >= 11 is 13.6. The average molecular weight is 419 g/mol. The number of aromatic nitrogens is 2. The molecule has 0 unspecified atom stereocenters. The molecule has 5 nitrogen and oxygen atoms in total. The quantitative estimate of drug-likeness (QED) is 0.329. The van der Waals surface area contributed by atoms with Crippen LogP contribution in [0.2, 0.25) is 10.0 Å². The van der Waals surface area contributed by atoms with Gasteiger partial charge in [0, 0.05) is 33.1 Å². The number of nitrogens with one attached hydrogen (secondary N) is 2. The molecular weight excluding hydrogens is 403 g/mol. The summed E-state index contributed by atoms with van der Waals surface area (Å²) in [5.74, 6) is 0.875. The summed E-state index contributed by atoms with van der Waals surface area (Å²) in [6.45, 7) is 1.87. The summed E-state index contributed by atoms with van der Waals surface area (Å²) in [5.41, 5.74) is 7.76. The van der Waals surface area contributed by atoms with Gasteiger partial charge in [-0.2, -0.15) is 0 Å². The highest BCUT2D eigenvalue weighted by Crippen LogP contribution is 2.27. The molecule has 1 aromatic heterocycles. The van der Waals surface area contributed by atoms with Crippen molar-refractivity contribution >= 4 is 46.7 Å². The minimum absolute atomic E-state index is 0.242. The van der Waals surface area contributed by atoms with E-state index in [9.17, 15) is 4.79 Å². The fourth-order valence-electron chi connectivity index (χ4n) is 2.23. The Hall–Kier alpha value is -2.28. The maximum atomic E-state index is 12.1. The van der Waals surface area contributed by atoms with Crippen LogP contribution in [-0.4, -0.2) is 15.9 Å². The van der Waals surface area contributed by atoms with Crippen molar-refractivity contribution < 1.29 is 4.79 Å². The van der Waals surface area contributed by atoms with Crippen LogP contribution >= 0.6 is 35.0 Å². The molecule has 8 heteroatoms. The van der Waals surface area contributed by atoms with E-state index in [1.165, 1.54) is 11.8 Å². The number of carbonyl (C=O) groups excluding carboxylic acids is 1. The van der Waals surface area contributed by atoms with Gasteiger partial charge in [0.1, 0.15) is 5.82 Å². The molecule has 0 aliphatic heterocycles. The van der Waals surface area contributed by atoms with Crippen molar-refractivity contribution in [3.05, 3.63) is 81.5 Å². The molecule has 0 saturated carbocycles. The van der Waals surface area contributed by atoms with E-state index in [1.54, 1.807) is 42.5 Å². The lowest BCUT2D eigenvalue weighted by molar-refractivity contribution is 0.0962. The maximum absolute atomic E-state index is 12.1. The number of hydrazine groups is 1. The molecular formula is C19H16Cl2N4OS. The van der Waals surface area contributed by atoms with Gasteiger partial charge in [-0.25, -0.2) is 9.97 Å². The Bertz CT molecular complexity index is 954. The third-order valence-electron chi connectivity index (χ3n) is 3.55. The normalized spacial score (nSPS) is 10.5. The molecule has 0 atom stereocenters. The van der Waals surface area contributed by atoms with Crippen molar-refractivity contribution in [2.24, 2.45) is 0 Å². The predicted molar refractivity (Wildman–Crippen MR) is 110 cm³/mol. The molecule has 3 rings (SSSR count). The Morgan fingerprint density at radius 1 is 1.07 bits per heavy atom. The molecule has 2 N–H and O–H groups in total. The van der Waals surface area contributed by atoms with Gasteiger partial charge in [0.2, 0.25) is 0 Å². The van der Waals surface area contributed by atoms with Crippen LogP contribution < -0.4 is 10.9 Å². The second kappa shape index (κ2) is 9.08. The van der Waals surface area contributed by atoms with E-state index in [0.29, 0.717) is 32.3 Å². The van der Waals surface area contributed by atoms with E-state index in [4.69, 9.17) is 23.2 Å². The number of benzene rings is 2. The minimum atomic E-state index is -0.242. The first-order valence-electron chi connectivity index (χ1n) is 8.05. The third kappa shape index (κ3) is 5.60. The fraction of sp³-hybridized carbons (Fsp3) is 0.105. The van der Waals surface area contributed by atoms with Crippen LogP contribution in [0.3, 0.4) is 0 Å². The lowest BCUT2D eigenvalue weighted by Gasteiger charge is -2.10. The van der Waals surface area contributed by atoms with Crippen molar-refractivity contribution in [2.75, 3.05) is 5.43 Å². The number of amides is 1. The molecule has 27 heavy (non-hydrogen) atoms. The van der Waals surface area contributed by atoms with E-state index in [2.05, 4.69) is 20.8 Å². The molecule has 1 amide bonds. The van der Waals surface area contributed by atoms with Crippen LogP contribution in [0.5, 0.6) is 0 Å². The van der Waals surface area contributed by atoms with Gasteiger partial charge in [-0.1, -0.05) is 59.2 Å². The zero-order valence-electron chi connectivity index (χ0n) is 14.4. The Morgan fingerprint density at radius 3 is 2.59 bits per heavy atom. The Morgan fingerprint density at radius 2 is 1.85 bits per heavy atom. The van der Waals surface area contributed by atoms with Crippen molar-refractivity contribution in [3.63, 3.8) is 0 Å². The van der Waals surface area contributed by atoms with Gasteiger partial charge in [-0.05, 0) is 36.8 Å². The summed E-state index contributed by atoms with van der Waals surface area (Å²) in [6.07, 6.45) is 0. The van der Waals surface area contributed by atoms with E-state index < -0.39 is 0 Å². The largest absolute Gasteiger partial charge is 0.281 e. The zero-order chi connectivity index (χ0) is 19.2. The number of carbonyl (C=O) groups is 1. The lowest BCUT2D eigenvalue weighted by atomic mass is 10.2. The molecule has 3 aromatic rings. The van der Waals surface area contributed by atoms with E-state index in [0.717, 1.165) is 11.3 Å². The number of thioether (sulfide) groups is 1.